The number of nitrogens with zero attached hydrogens (tertiary/aromatic N) is 5. The number of para-hydroxylation sites is 1. The number of nitrogens with one attached hydrogen (secondary N) is 1. The first-order chi connectivity index (χ1) is 17.4. The number of anilines is 1. The Morgan fingerprint density at radius 3 is 2.35 bits per heavy atom. The first-order valence-corrected chi connectivity index (χ1v) is 10.8. The summed E-state index contributed by atoms with van der Waals surface area (Å²) in [5.41, 5.74) is -1.75. The van der Waals surface area contributed by atoms with E-state index in [4.69, 9.17) is 9.90 Å². The van der Waals surface area contributed by atoms with Crippen molar-refractivity contribution in [3.8, 4) is 5.69 Å². The molecule has 1 fully saturated rings. The highest BCUT2D eigenvalue weighted by Gasteiger charge is 2.43. The Morgan fingerprint density at radius 1 is 1.19 bits per heavy atom. The maximum absolute atomic E-state index is 13.1. The number of alkyl halides is 3. The Balaban J connectivity index is 0.000000886. The molecule has 0 saturated carbocycles. The van der Waals surface area contributed by atoms with Gasteiger partial charge in [0, 0.05) is 40.2 Å². The summed E-state index contributed by atoms with van der Waals surface area (Å²) in [6.07, 6.45) is -3.81. The lowest BCUT2D eigenvalue weighted by Crippen LogP contribution is -2.45. The number of carboxylic acid groups (broad SMARTS) is 1. The Bertz CT molecular complexity index is 1460. The summed E-state index contributed by atoms with van der Waals surface area (Å²) in [6.45, 7) is 7.01. The molecule has 2 aromatic heterocycles. The molecule has 0 unspecified atom stereocenters. The van der Waals surface area contributed by atoms with Crippen molar-refractivity contribution in [2.45, 2.75) is 13.1 Å². The quantitative estimate of drug-likeness (QED) is 0.501. The van der Waals surface area contributed by atoms with Gasteiger partial charge in [-0.1, -0.05) is 35.6 Å². The van der Waals surface area contributed by atoms with Crippen molar-refractivity contribution in [3.63, 3.8) is 0 Å². The predicted molar refractivity (Wildman–Crippen MR) is 127 cm³/mol. The molecule has 0 amide bonds. The maximum atomic E-state index is 13.1. The van der Waals surface area contributed by atoms with E-state index in [9.17, 15) is 27.6 Å². The molecule has 0 radical (unpaired) electrons. The minimum atomic E-state index is -5.36. The van der Waals surface area contributed by atoms with Crippen LogP contribution in [0.1, 0.15) is 12.5 Å². The van der Waals surface area contributed by atoms with Gasteiger partial charge >= 0.3 is 17.8 Å². The third-order valence-corrected chi connectivity index (χ3v) is 5.20. The van der Waals surface area contributed by atoms with Gasteiger partial charge in [0.15, 0.2) is 5.52 Å². The zero-order chi connectivity index (χ0) is 27.5. The van der Waals surface area contributed by atoms with Gasteiger partial charge in [0.1, 0.15) is 0 Å². The van der Waals surface area contributed by atoms with E-state index in [-0.39, 0.29) is 16.2 Å². The summed E-state index contributed by atoms with van der Waals surface area (Å²) in [5.74, 6) is -3.24. The van der Waals surface area contributed by atoms with Crippen LogP contribution < -0.4 is 26.3 Å². The molecule has 15 heteroatoms. The normalized spacial score (nSPS) is 13.6. The van der Waals surface area contributed by atoms with Crippen LogP contribution in [0.15, 0.2) is 40.4 Å². The number of carbonyl (C=O) groups is 2. The first-order valence-electron chi connectivity index (χ1n) is 10.8. The van der Waals surface area contributed by atoms with E-state index < -0.39 is 35.0 Å². The second-order valence-electron chi connectivity index (χ2n) is 7.76. The van der Waals surface area contributed by atoms with Crippen molar-refractivity contribution in [1.29, 1.82) is 0 Å². The number of rotatable bonds is 4. The van der Waals surface area contributed by atoms with Gasteiger partial charge in [-0.15, -0.1) is 0 Å². The van der Waals surface area contributed by atoms with Gasteiger partial charge in [0.05, 0.1) is 5.69 Å². The number of aliphatic carboxylic acids is 1. The summed E-state index contributed by atoms with van der Waals surface area (Å²) in [5, 5.41) is 10.6. The monoisotopic (exact) mass is 524 g/mol. The molecular formula is C22H23F3N6O6. The van der Waals surface area contributed by atoms with Crippen molar-refractivity contribution >= 4 is 35.1 Å². The Morgan fingerprint density at radius 2 is 1.78 bits per heavy atom. The van der Waals surface area contributed by atoms with Crippen LogP contribution in [0.3, 0.4) is 0 Å². The number of benzene rings is 1. The second-order valence-corrected chi connectivity index (χ2v) is 7.76. The van der Waals surface area contributed by atoms with Crippen LogP contribution in [-0.2, 0) is 16.6 Å². The van der Waals surface area contributed by atoms with Crippen LogP contribution in [0.4, 0.5) is 19.1 Å². The molecule has 0 aliphatic carbocycles. The Hall–Kier alpha value is -4.40. The van der Waals surface area contributed by atoms with Gasteiger partial charge < -0.3 is 20.2 Å². The van der Waals surface area contributed by atoms with E-state index in [1.54, 1.807) is 30.3 Å². The van der Waals surface area contributed by atoms with Crippen molar-refractivity contribution in [2.75, 3.05) is 31.1 Å². The molecule has 3 heterocycles. The molecule has 1 saturated heterocycles. The number of carbonyl (C=O) groups excluding carboxylic acids is 1. The Labute approximate surface area is 206 Å². The number of hydrogen-bond donors (Lipinski definition) is 2. The summed E-state index contributed by atoms with van der Waals surface area (Å²) in [7, 11) is 1.07. The number of imidazole rings is 1. The Kier molecular flexibility index (Phi) is 7.86. The van der Waals surface area contributed by atoms with Gasteiger partial charge in [0.2, 0.25) is 11.6 Å². The first kappa shape index (κ1) is 27.2. The van der Waals surface area contributed by atoms with E-state index >= 15 is 0 Å². The van der Waals surface area contributed by atoms with Crippen LogP contribution in [0.2, 0.25) is 0 Å². The average molecular weight is 524 g/mol. The number of halogens is 3. The molecule has 0 spiro atoms. The average Bonchev–Trinajstić information content (AvgIpc) is 3.25. The maximum Gasteiger partial charge on any atom is 0.493 e. The van der Waals surface area contributed by atoms with Gasteiger partial charge in [-0.2, -0.15) is 18.2 Å². The minimum absolute atomic E-state index is 0.102. The molecule has 37 heavy (non-hydrogen) atoms. The summed E-state index contributed by atoms with van der Waals surface area (Å²) < 4.78 is 40.7. The van der Waals surface area contributed by atoms with Crippen molar-refractivity contribution < 1.29 is 32.7 Å². The van der Waals surface area contributed by atoms with E-state index in [0.717, 1.165) is 14.0 Å². The molecule has 12 nitrogen and oxygen atoms in total. The van der Waals surface area contributed by atoms with E-state index in [0.29, 0.717) is 42.0 Å². The number of piperazine rings is 1. The molecule has 2 N–H and O–H groups in total. The lowest BCUT2D eigenvalue weighted by molar-refractivity contribution is -0.200. The van der Waals surface area contributed by atoms with Crippen LogP contribution >= 0.6 is 0 Å². The van der Waals surface area contributed by atoms with E-state index in [2.05, 4.69) is 21.7 Å². The zero-order valence-corrected chi connectivity index (χ0v) is 19.8. The second kappa shape index (κ2) is 10.7. The molecule has 198 valence electrons. The molecule has 0 bridgehead atoms. The molecule has 1 aliphatic heterocycles. The van der Waals surface area contributed by atoms with Crippen LogP contribution in [0.25, 0.3) is 22.9 Å². The largest absolute Gasteiger partial charge is 0.493 e. The SMILES string of the molecule is C=Cc1ccccc1-n1c(N2CCNCC2)nc2c1c(=O)n(C)c(=O)n2OC(=O)C(F)(F)F.CC(=O)O. The third kappa shape index (κ3) is 5.55. The smallest absolute Gasteiger partial charge is 0.481 e. The topological polar surface area (TPSA) is 141 Å². The lowest BCUT2D eigenvalue weighted by Gasteiger charge is -2.29. The van der Waals surface area contributed by atoms with Gasteiger partial charge in [-0.05, 0) is 11.6 Å². The molecular weight excluding hydrogens is 501 g/mol. The van der Waals surface area contributed by atoms with Gasteiger partial charge in [-0.3, -0.25) is 18.7 Å². The van der Waals surface area contributed by atoms with Crippen molar-refractivity contribution in [2.24, 2.45) is 7.05 Å². The van der Waals surface area contributed by atoms with Gasteiger partial charge in [0.25, 0.3) is 11.5 Å². The zero-order valence-electron chi connectivity index (χ0n) is 19.8. The molecule has 1 aromatic carbocycles. The summed E-state index contributed by atoms with van der Waals surface area (Å²) in [6, 6.07) is 6.88. The third-order valence-electron chi connectivity index (χ3n) is 5.20. The standard InChI is InChI=1S/C20H19F3N6O4.C2H4O2/c1-3-12-6-4-5-7-13(12)28-14-15(25-18(28)27-10-8-24-9-11-27)29(19(32)26(2)16(14)30)33-17(31)20(21,22)23;1-2(3)4/h3-7,24H,1,8-11H2,2H3;1H3,(H,3,4). The fourth-order valence-corrected chi connectivity index (χ4v) is 3.59. The molecule has 1 aliphatic rings. The number of hydrogen-bond acceptors (Lipinski definition) is 8. The molecule has 3 aromatic rings. The van der Waals surface area contributed by atoms with Gasteiger partial charge in [-0.25, -0.2) is 9.59 Å². The van der Waals surface area contributed by atoms with Crippen LogP contribution in [0, 0.1) is 0 Å². The lowest BCUT2D eigenvalue weighted by atomic mass is 10.1. The number of fused-ring (bicyclic) bond motifs is 1. The highest BCUT2D eigenvalue weighted by atomic mass is 19.4. The molecule has 4 rings (SSSR count). The highest BCUT2D eigenvalue weighted by molar-refractivity contribution is 5.81. The number of aromatic nitrogens is 4. The fraction of sp³-hybridized carbons (Fsp3) is 0.318. The fourth-order valence-electron chi connectivity index (χ4n) is 3.59. The van der Waals surface area contributed by atoms with Crippen LogP contribution in [0.5, 0.6) is 0 Å². The summed E-state index contributed by atoms with van der Waals surface area (Å²) >= 11 is 0. The predicted octanol–water partition coefficient (Wildman–Crippen LogP) is 0.547. The van der Waals surface area contributed by atoms with E-state index in [1.165, 1.54) is 4.57 Å². The minimum Gasteiger partial charge on any atom is -0.481 e. The molecule has 0 atom stereocenters. The van der Waals surface area contributed by atoms with Crippen molar-refractivity contribution in [1.82, 2.24) is 24.2 Å². The highest BCUT2D eigenvalue weighted by Crippen LogP contribution is 2.28. The number of carboxylic acids is 1. The van der Waals surface area contributed by atoms with Crippen LogP contribution in [-0.4, -0.2) is 68.2 Å². The summed E-state index contributed by atoms with van der Waals surface area (Å²) in [4.78, 5) is 56.8. The van der Waals surface area contributed by atoms with Crippen molar-refractivity contribution in [3.05, 3.63) is 57.2 Å². The van der Waals surface area contributed by atoms with E-state index in [1.807, 2.05) is 4.90 Å².